The minimum Gasteiger partial charge on any atom is -0.431 e. The van der Waals surface area contributed by atoms with Crippen LogP contribution < -0.4 is 0 Å². The molecule has 2 rings (SSSR count). The van der Waals surface area contributed by atoms with E-state index in [1.807, 2.05) is 24.3 Å². The number of para-hydroxylation sites is 2. The fraction of sp³-hybridized carbons (Fsp3) is 0.100. The first-order valence-electron chi connectivity index (χ1n) is 4.07. The van der Waals surface area contributed by atoms with Gasteiger partial charge in [-0.15, -0.1) is 0 Å². The Morgan fingerprint density at radius 1 is 1.50 bits per heavy atom. The highest BCUT2D eigenvalue weighted by Gasteiger charge is 2.04. The third-order valence-electron chi connectivity index (χ3n) is 1.63. The number of hydrogen-bond acceptors (Lipinski definition) is 3. The molecule has 0 fully saturated rings. The van der Waals surface area contributed by atoms with E-state index in [1.165, 1.54) is 11.8 Å². The van der Waals surface area contributed by atoms with Gasteiger partial charge in [0.15, 0.2) is 5.58 Å². The summed E-state index contributed by atoms with van der Waals surface area (Å²) in [6.07, 6.45) is 0. The van der Waals surface area contributed by atoms with Crippen molar-refractivity contribution in [1.82, 2.24) is 4.98 Å². The molecule has 0 amide bonds. The molecule has 0 radical (unpaired) electrons. The zero-order valence-electron chi connectivity index (χ0n) is 7.37. The lowest BCUT2D eigenvalue weighted by molar-refractivity contribution is 0.490. The topological polar surface area (TPSA) is 26.0 Å². The maximum Gasteiger partial charge on any atom is 0.257 e. The molecule has 72 valence electrons. The molecule has 0 N–H and O–H groups in total. The van der Waals surface area contributed by atoms with Gasteiger partial charge in [0, 0.05) is 10.8 Å². The highest BCUT2D eigenvalue weighted by atomic mass is 35.5. The van der Waals surface area contributed by atoms with E-state index in [9.17, 15) is 0 Å². The molecule has 14 heavy (non-hydrogen) atoms. The van der Waals surface area contributed by atoms with Crippen LogP contribution in [0.2, 0.25) is 0 Å². The first kappa shape index (κ1) is 9.62. The summed E-state index contributed by atoms with van der Waals surface area (Å²) in [7, 11) is 0. The second-order valence-corrected chi connectivity index (χ2v) is 4.21. The fourth-order valence-corrected chi connectivity index (χ4v) is 1.81. The van der Waals surface area contributed by atoms with Crippen molar-refractivity contribution in [3.8, 4) is 0 Å². The minimum absolute atomic E-state index is 0.595. The van der Waals surface area contributed by atoms with Crippen molar-refractivity contribution in [2.75, 3.05) is 5.75 Å². The van der Waals surface area contributed by atoms with E-state index in [0.29, 0.717) is 16.0 Å². The Labute approximate surface area is 91.0 Å². The van der Waals surface area contributed by atoms with Crippen molar-refractivity contribution >= 4 is 34.5 Å². The molecule has 0 atom stereocenters. The van der Waals surface area contributed by atoms with E-state index < -0.39 is 0 Å². The van der Waals surface area contributed by atoms with Crippen molar-refractivity contribution < 1.29 is 4.42 Å². The number of oxazole rings is 1. The Hall–Kier alpha value is -0.930. The average molecular weight is 226 g/mol. The quantitative estimate of drug-likeness (QED) is 0.746. The van der Waals surface area contributed by atoms with Gasteiger partial charge in [-0.25, -0.2) is 4.98 Å². The second-order valence-electron chi connectivity index (χ2n) is 2.75. The van der Waals surface area contributed by atoms with Gasteiger partial charge < -0.3 is 4.42 Å². The SMILES string of the molecule is C=C(Cl)CSc1nc2ccccc2o1. The third-order valence-corrected chi connectivity index (χ3v) is 2.83. The summed E-state index contributed by atoms with van der Waals surface area (Å²) in [4.78, 5) is 4.28. The molecule has 4 heteroatoms. The predicted octanol–water partition coefficient (Wildman–Crippen LogP) is 3.67. The molecular formula is C10H8ClNOS. The van der Waals surface area contributed by atoms with Gasteiger partial charge in [0.2, 0.25) is 0 Å². The molecule has 0 saturated carbocycles. The molecular weight excluding hydrogens is 218 g/mol. The first-order chi connectivity index (χ1) is 6.75. The molecule has 0 aliphatic rings. The summed E-state index contributed by atoms with van der Waals surface area (Å²) in [5.41, 5.74) is 1.67. The number of rotatable bonds is 3. The second kappa shape index (κ2) is 4.07. The highest BCUT2D eigenvalue weighted by molar-refractivity contribution is 7.99. The summed E-state index contributed by atoms with van der Waals surface area (Å²) in [5, 5.41) is 1.23. The largest absolute Gasteiger partial charge is 0.431 e. The summed E-state index contributed by atoms with van der Waals surface area (Å²) in [5.74, 6) is 0.619. The lowest BCUT2D eigenvalue weighted by Crippen LogP contribution is -1.76. The number of aromatic nitrogens is 1. The average Bonchev–Trinajstić information content (AvgIpc) is 2.57. The Kier molecular flexibility index (Phi) is 2.79. The molecule has 0 saturated heterocycles. The molecule has 0 bridgehead atoms. The molecule has 1 heterocycles. The van der Waals surface area contributed by atoms with Crippen molar-refractivity contribution in [2.45, 2.75) is 5.22 Å². The molecule has 0 aliphatic carbocycles. The number of halogens is 1. The standard InChI is InChI=1S/C10H8ClNOS/c1-7(11)6-14-10-12-8-4-2-3-5-9(8)13-10/h2-5H,1,6H2. The molecule has 0 spiro atoms. The van der Waals surface area contributed by atoms with Gasteiger partial charge in [-0.05, 0) is 12.1 Å². The zero-order valence-corrected chi connectivity index (χ0v) is 8.94. The van der Waals surface area contributed by atoms with Crippen LogP contribution in [-0.2, 0) is 0 Å². The molecule has 1 aromatic heterocycles. The van der Waals surface area contributed by atoms with Crippen LogP contribution in [-0.4, -0.2) is 10.7 Å². The van der Waals surface area contributed by atoms with Crippen LogP contribution >= 0.6 is 23.4 Å². The van der Waals surface area contributed by atoms with E-state index >= 15 is 0 Å². The molecule has 1 aromatic carbocycles. The molecule has 0 aliphatic heterocycles. The Morgan fingerprint density at radius 3 is 3.00 bits per heavy atom. The lowest BCUT2D eigenvalue weighted by atomic mass is 10.3. The predicted molar refractivity (Wildman–Crippen MR) is 59.7 cm³/mol. The number of hydrogen-bond donors (Lipinski definition) is 0. The van der Waals surface area contributed by atoms with Crippen molar-refractivity contribution in [2.24, 2.45) is 0 Å². The maximum absolute atomic E-state index is 5.64. The van der Waals surface area contributed by atoms with Gasteiger partial charge in [-0.3, -0.25) is 0 Å². The van der Waals surface area contributed by atoms with E-state index in [1.54, 1.807) is 0 Å². The Balaban J connectivity index is 2.22. The van der Waals surface area contributed by atoms with Crippen LogP contribution in [0.3, 0.4) is 0 Å². The van der Waals surface area contributed by atoms with Crippen molar-refractivity contribution in [1.29, 1.82) is 0 Å². The smallest absolute Gasteiger partial charge is 0.257 e. The molecule has 2 nitrogen and oxygen atoms in total. The highest BCUT2D eigenvalue weighted by Crippen LogP contribution is 2.24. The van der Waals surface area contributed by atoms with Crippen LogP contribution in [0.4, 0.5) is 0 Å². The van der Waals surface area contributed by atoms with Crippen molar-refractivity contribution in [3.05, 3.63) is 35.9 Å². The van der Waals surface area contributed by atoms with Crippen LogP contribution in [0, 0.1) is 0 Å². The van der Waals surface area contributed by atoms with E-state index in [0.717, 1.165) is 11.1 Å². The molecule has 2 aromatic rings. The van der Waals surface area contributed by atoms with Crippen LogP contribution in [0.5, 0.6) is 0 Å². The summed E-state index contributed by atoms with van der Waals surface area (Å²) < 4.78 is 5.47. The summed E-state index contributed by atoms with van der Waals surface area (Å²) in [6.45, 7) is 3.60. The van der Waals surface area contributed by atoms with Gasteiger partial charge in [-0.2, -0.15) is 0 Å². The summed E-state index contributed by atoms with van der Waals surface area (Å²) in [6, 6.07) is 7.66. The third kappa shape index (κ3) is 2.11. The van der Waals surface area contributed by atoms with Gasteiger partial charge >= 0.3 is 0 Å². The van der Waals surface area contributed by atoms with E-state index in [2.05, 4.69) is 11.6 Å². The number of thioether (sulfide) groups is 1. The number of fused-ring (bicyclic) bond motifs is 1. The lowest BCUT2D eigenvalue weighted by Gasteiger charge is -1.91. The number of benzene rings is 1. The summed E-state index contributed by atoms with van der Waals surface area (Å²) >= 11 is 7.09. The van der Waals surface area contributed by atoms with Crippen LogP contribution in [0.1, 0.15) is 0 Å². The minimum atomic E-state index is 0.595. The van der Waals surface area contributed by atoms with Crippen LogP contribution in [0.15, 0.2) is 45.5 Å². The van der Waals surface area contributed by atoms with Gasteiger partial charge in [0.25, 0.3) is 5.22 Å². The number of nitrogens with zero attached hydrogens (tertiary/aromatic N) is 1. The van der Waals surface area contributed by atoms with Gasteiger partial charge in [-0.1, -0.05) is 42.1 Å². The maximum atomic E-state index is 5.64. The molecule has 0 unspecified atom stereocenters. The zero-order chi connectivity index (χ0) is 9.97. The monoisotopic (exact) mass is 225 g/mol. The first-order valence-corrected chi connectivity index (χ1v) is 5.44. The fourth-order valence-electron chi connectivity index (χ4n) is 1.05. The Bertz CT molecular complexity index is 433. The van der Waals surface area contributed by atoms with Crippen LogP contribution in [0.25, 0.3) is 11.1 Å². The normalized spacial score (nSPS) is 10.6. The van der Waals surface area contributed by atoms with Gasteiger partial charge in [0.1, 0.15) is 5.52 Å². The van der Waals surface area contributed by atoms with Gasteiger partial charge in [0.05, 0.1) is 0 Å². The van der Waals surface area contributed by atoms with Crippen molar-refractivity contribution in [3.63, 3.8) is 0 Å². The van der Waals surface area contributed by atoms with E-state index in [4.69, 9.17) is 16.0 Å². The van der Waals surface area contributed by atoms with E-state index in [-0.39, 0.29) is 0 Å². The Morgan fingerprint density at radius 2 is 2.29 bits per heavy atom.